The molecule has 0 aliphatic carbocycles. The summed E-state index contributed by atoms with van der Waals surface area (Å²) in [7, 11) is 0. The van der Waals surface area contributed by atoms with Gasteiger partial charge < -0.3 is 0 Å². The van der Waals surface area contributed by atoms with Crippen molar-refractivity contribution in [3.8, 4) is 22.4 Å². The van der Waals surface area contributed by atoms with E-state index >= 15 is 0 Å². The normalized spacial score (nSPS) is 11.3. The molecule has 26 heavy (non-hydrogen) atoms. The van der Waals surface area contributed by atoms with Crippen LogP contribution in [0.1, 0.15) is 19.4 Å². The van der Waals surface area contributed by atoms with Crippen molar-refractivity contribution in [2.75, 3.05) is 0 Å². The Morgan fingerprint density at radius 1 is 0.923 bits per heavy atom. The maximum Gasteiger partial charge on any atom is 0.275 e. The second kappa shape index (κ2) is 6.53. The van der Waals surface area contributed by atoms with Crippen molar-refractivity contribution in [1.29, 1.82) is 0 Å². The van der Waals surface area contributed by atoms with Gasteiger partial charge in [0.1, 0.15) is 11.0 Å². The van der Waals surface area contributed by atoms with Crippen LogP contribution in [0.4, 0.5) is 0 Å². The number of aryl methyl sites for hydroxylation is 1. The van der Waals surface area contributed by atoms with Crippen LogP contribution in [0, 0.1) is 6.92 Å². The summed E-state index contributed by atoms with van der Waals surface area (Å²) in [5.74, 6) is 0. The van der Waals surface area contributed by atoms with E-state index in [9.17, 15) is 4.79 Å². The molecule has 0 bridgehead atoms. The van der Waals surface area contributed by atoms with Crippen LogP contribution in [0.15, 0.2) is 47.3 Å². The van der Waals surface area contributed by atoms with Crippen molar-refractivity contribution < 1.29 is 0 Å². The van der Waals surface area contributed by atoms with Gasteiger partial charge in [-0.15, -0.1) is 0 Å². The molecule has 2 aromatic carbocycles. The van der Waals surface area contributed by atoms with Gasteiger partial charge in [0.15, 0.2) is 0 Å². The first-order valence-corrected chi connectivity index (χ1v) is 9.50. The monoisotopic (exact) mass is 364 g/mol. The second-order valence-corrected chi connectivity index (χ2v) is 6.83. The van der Waals surface area contributed by atoms with E-state index in [1.807, 2.05) is 54.9 Å². The lowest BCUT2D eigenvalue weighted by molar-refractivity contribution is 0.481. The quantitative estimate of drug-likeness (QED) is 0.541. The molecule has 6 heteroatoms. The van der Waals surface area contributed by atoms with Crippen molar-refractivity contribution in [3.63, 3.8) is 0 Å². The van der Waals surface area contributed by atoms with Crippen molar-refractivity contribution in [1.82, 2.24) is 18.1 Å². The zero-order valence-electron chi connectivity index (χ0n) is 15.1. The molecule has 132 valence electrons. The van der Waals surface area contributed by atoms with E-state index in [2.05, 4.69) is 26.4 Å². The number of fused-ring (bicyclic) bond motifs is 1. The highest BCUT2D eigenvalue weighted by atomic mass is 32.1. The van der Waals surface area contributed by atoms with Gasteiger partial charge in [0.05, 0.1) is 23.0 Å². The van der Waals surface area contributed by atoms with Gasteiger partial charge >= 0.3 is 0 Å². The molecule has 0 radical (unpaired) electrons. The molecule has 2 aromatic heterocycles. The number of aromatic nitrogens is 4. The van der Waals surface area contributed by atoms with Crippen LogP contribution < -0.4 is 5.56 Å². The number of nitrogens with zero attached hydrogens (tertiary/aromatic N) is 4. The molecule has 0 fully saturated rings. The second-order valence-electron chi connectivity index (χ2n) is 6.30. The van der Waals surface area contributed by atoms with Gasteiger partial charge in [-0.25, -0.2) is 4.68 Å². The summed E-state index contributed by atoms with van der Waals surface area (Å²) in [6.45, 7) is 7.47. The number of benzene rings is 2. The lowest BCUT2D eigenvalue weighted by Crippen LogP contribution is -2.22. The Bertz CT molecular complexity index is 1150. The van der Waals surface area contributed by atoms with E-state index in [-0.39, 0.29) is 5.56 Å². The standard InChI is InChI=1S/C20H20N4OS/c1-4-23-19(15-9-10-16-17(12-15)22-26-21-16)18(20(25)24(23)5-2)14-8-6-7-13(3)11-14/h6-12H,4-5H2,1-3H3. The van der Waals surface area contributed by atoms with Crippen LogP contribution in [-0.4, -0.2) is 18.1 Å². The van der Waals surface area contributed by atoms with Gasteiger partial charge in [0.2, 0.25) is 0 Å². The van der Waals surface area contributed by atoms with Crippen LogP contribution >= 0.6 is 11.7 Å². The molecular formula is C20H20N4OS. The lowest BCUT2D eigenvalue weighted by Gasteiger charge is -2.12. The Balaban J connectivity index is 2.07. The molecule has 0 saturated carbocycles. The Kier molecular flexibility index (Phi) is 4.20. The van der Waals surface area contributed by atoms with E-state index in [0.717, 1.165) is 45.5 Å². The van der Waals surface area contributed by atoms with Gasteiger partial charge in [-0.05, 0) is 38.5 Å². The Labute approximate surface area is 155 Å². The summed E-state index contributed by atoms with van der Waals surface area (Å²) in [4.78, 5) is 13.2. The minimum absolute atomic E-state index is 0.0476. The molecule has 4 rings (SSSR count). The van der Waals surface area contributed by atoms with Gasteiger partial charge in [-0.1, -0.05) is 35.9 Å². The predicted molar refractivity (Wildman–Crippen MR) is 107 cm³/mol. The van der Waals surface area contributed by atoms with Crippen LogP contribution in [0.3, 0.4) is 0 Å². The minimum atomic E-state index is 0.0476. The molecule has 0 atom stereocenters. The highest BCUT2D eigenvalue weighted by Crippen LogP contribution is 2.32. The molecule has 2 heterocycles. The molecule has 0 amide bonds. The first-order valence-electron chi connectivity index (χ1n) is 8.77. The first-order chi connectivity index (χ1) is 12.6. The molecule has 0 saturated heterocycles. The van der Waals surface area contributed by atoms with Gasteiger partial charge in [-0.3, -0.25) is 9.48 Å². The summed E-state index contributed by atoms with van der Waals surface area (Å²) in [6.07, 6.45) is 0. The smallest absolute Gasteiger partial charge is 0.275 e. The fraction of sp³-hybridized carbons (Fsp3) is 0.250. The Morgan fingerprint density at radius 2 is 1.69 bits per heavy atom. The summed E-state index contributed by atoms with van der Waals surface area (Å²) >= 11 is 1.21. The average molecular weight is 364 g/mol. The van der Waals surface area contributed by atoms with Crippen LogP contribution in [-0.2, 0) is 13.1 Å². The van der Waals surface area contributed by atoms with Crippen LogP contribution in [0.2, 0.25) is 0 Å². The minimum Gasteiger partial charge on any atom is -0.282 e. The van der Waals surface area contributed by atoms with Gasteiger partial charge in [0.25, 0.3) is 5.56 Å². The predicted octanol–water partition coefficient (Wildman–Crippen LogP) is 4.34. The van der Waals surface area contributed by atoms with Crippen molar-refractivity contribution in [2.24, 2.45) is 0 Å². The maximum absolute atomic E-state index is 13.2. The van der Waals surface area contributed by atoms with Crippen LogP contribution in [0.25, 0.3) is 33.4 Å². The maximum atomic E-state index is 13.2. The summed E-state index contributed by atoms with van der Waals surface area (Å²) in [5, 5.41) is 0. The highest BCUT2D eigenvalue weighted by molar-refractivity contribution is 7.00. The molecule has 0 N–H and O–H groups in total. The largest absolute Gasteiger partial charge is 0.282 e. The van der Waals surface area contributed by atoms with Crippen molar-refractivity contribution in [3.05, 3.63) is 58.4 Å². The third-order valence-electron chi connectivity index (χ3n) is 4.67. The van der Waals surface area contributed by atoms with Crippen LogP contribution in [0.5, 0.6) is 0 Å². The fourth-order valence-corrected chi connectivity index (χ4v) is 4.03. The molecule has 4 aromatic rings. The average Bonchev–Trinajstić information content (AvgIpc) is 3.22. The fourth-order valence-electron chi connectivity index (χ4n) is 3.52. The Morgan fingerprint density at radius 3 is 2.42 bits per heavy atom. The molecule has 0 unspecified atom stereocenters. The van der Waals surface area contributed by atoms with Gasteiger partial charge in [-0.2, -0.15) is 8.75 Å². The topological polar surface area (TPSA) is 52.7 Å². The first kappa shape index (κ1) is 16.7. The molecular weight excluding hydrogens is 344 g/mol. The molecule has 5 nitrogen and oxygen atoms in total. The van der Waals surface area contributed by atoms with Crippen molar-refractivity contribution >= 4 is 22.8 Å². The SMILES string of the molecule is CCn1c(-c2ccc3nsnc3c2)c(-c2cccc(C)c2)c(=O)n1CC. The van der Waals surface area contributed by atoms with E-state index in [1.54, 1.807) is 0 Å². The van der Waals surface area contributed by atoms with E-state index in [4.69, 9.17) is 0 Å². The zero-order chi connectivity index (χ0) is 18.3. The summed E-state index contributed by atoms with van der Waals surface area (Å²) < 4.78 is 12.5. The number of hydrogen-bond donors (Lipinski definition) is 0. The highest BCUT2D eigenvalue weighted by Gasteiger charge is 2.22. The third-order valence-corrected chi connectivity index (χ3v) is 5.22. The number of rotatable bonds is 4. The van der Waals surface area contributed by atoms with E-state index in [1.165, 1.54) is 11.7 Å². The molecule has 0 spiro atoms. The lowest BCUT2D eigenvalue weighted by atomic mass is 9.99. The molecule has 0 aliphatic rings. The van der Waals surface area contributed by atoms with Gasteiger partial charge in [0, 0.05) is 18.7 Å². The van der Waals surface area contributed by atoms with Crippen molar-refractivity contribution in [2.45, 2.75) is 33.9 Å². The van der Waals surface area contributed by atoms with E-state index in [0.29, 0.717) is 6.54 Å². The summed E-state index contributed by atoms with van der Waals surface area (Å²) in [5.41, 5.74) is 6.58. The molecule has 0 aliphatic heterocycles. The Hall–Kier alpha value is -2.73. The number of hydrogen-bond acceptors (Lipinski definition) is 4. The third kappa shape index (κ3) is 2.57. The summed E-state index contributed by atoms with van der Waals surface area (Å²) in [6, 6.07) is 14.2. The zero-order valence-corrected chi connectivity index (χ0v) is 15.9. The van der Waals surface area contributed by atoms with E-state index < -0.39 is 0 Å².